The van der Waals surface area contributed by atoms with E-state index in [2.05, 4.69) is 5.32 Å². The minimum Gasteiger partial charge on any atom is -0.490 e. The van der Waals surface area contributed by atoms with Crippen molar-refractivity contribution in [3.63, 3.8) is 0 Å². The van der Waals surface area contributed by atoms with Gasteiger partial charge in [-0.15, -0.1) is 0 Å². The van der Waals surface area contributed by atoms with Gasteiger partial charge in [0, 0.05) is 12.1 Å². The van der Waals surface area contributed by atoms with E-state index in [1.165, 1.54) is 6.42 Å². The number of benzene rings is 2. The SMILES string of the molecule is O=C(CC(O)c1ccccc1)NCc1ccccc1OC1CCC1. The predicted molar refractivity (Wildman–Crippen MR) is 92.6 cm³/mol. The number of rotatable bonds is 7. The van der Waals surface area contributed by atoms with E-state index in [9.17, 15) is 9.90 Å². The molecule has 1 aliphatic rings. The quantitative estimate of drug-likeness (QED) is 0.821. The summed E-state index contributed by atoms with van der Waals surface area (Å²) in [4.78, 5) is 12.1. The molecule has 0 bridgehead atoms. The zero-order chi connectivity index (χ0) is 16.8. The summed E-state index contributed by atoms with van der Waals surface area (Å²) in [5.41, 5.74) is 1.72. The molecular weight excluding hydrogens is 302 g/mol. The van der Waals surface area contributed by atoms with Crippen LogP contribution < -0.4 is 10.1 Å². The molecule has 4 nitrogen and oxygen atoms in total. The fourth-order valence-corrected chi connectivity index (χ4v) is 2.67. The zero-order valence-corrected chi connectivity index (χ0v) is 13.7. The molecule has 1 unspecified atom stereocenters. The maximum absolute atomic E-state index is 12.1. The molecule has 0 spiro atoms. The van der Waals surface area contributed by atoms with Crippen LogP contribution in [-0.2, 0) is 11.3 Å². The lowest BCUT2D eigenvalue weighted by molar-refractivity contribution is -0.123. The fraction of sp³-hybridized carbons (Fsp3) is 0.350. The Labute approximate surface area is 142 Å². The topological polar surface area (TPSA) is 58.6 Å². The third kappa shape index (κ3) is 4.36. The van der Waals surface area contributed by atoms with Gasteiger partial charge in [-0.2, -0.15) is 0 Å². The number of hydrogen-bond acceptors (Lipinski definition) is 3. The first-order chi connectivity index (χ1) is 11.7. The zero-order valence-electron chi connectivity index (χ0n) is 13.7. The molecule has 0 aliphatic heterocycles. The summed E-state index contributed by atoms with van der Waals surface area (Å²) in [7, 11) is 0. The van der Waals surface area contributed by atoms with Crippen molar-refractivity contribution >= 4 is 5.91 Å². The summed E-state index contributed by atoms with van der Waals surface area (Å²) in [6.07, 6.45) is 3.00. The van der Waals surface area contributed by atoms with E-state index in [1.807, 2.05) is 54.6 Å². The Balaban J connectivity index is 1.52. The average Bonchev–Trinajstić information content (AvgIpc) is 2.58. The number of nitrogens with one attached hydrogen (secondary N) is 1. The van der Waals surface area contributed by atoms with Gasteiger partial charge in [-0.1, -0.05) is 48.5 Å². The lowest BCUT2D eigenvalue weighted by atomic mass is 9.96. The first-order valence-corrected chi connectivity index (χ1v) is 8.46. The molecule has 1 fully saturated rings. The molecule has 1 atom stereocenters. The van der Waals surface area contributed by atoms with Crippen LogP contribution in [0.5, 0.6) is 5.75 Å². The molecule has 2 aromatic rings. The molecule has 1 aliphatic carbocycles. The van der Waals surface area contributed by atoms with E-state index in [0.717, 1.165) is 29.7 Å². The molecule has 1 saturated carbocycles. The lowest BCUT2D eigenvalue weighted by Gasteiger charge is -2.27. The number of hydrogen-bond donors (Lipinski definition) is 2. The molecule has 1 amide bonds. The fourth-order valence-electron chi connectivity index (χ4n) is 2.67. The van der Waals surface area contributed by atoms with Crippen LogP contribution in [-0.4, -0.2) is 17.1 Å². The van der Waals surface area contributed by atoms with E-state index < -0.39 is 6.10 Å². The van der Waals surface area contributed by atoms with Crippen LogP contribution >= 0.6 is 0 Å². The van der Waals surface area contributed by atoms with Crippen LogP contribution in [0, 0.1) is 0 Å². The van der Waals surface area contributed by atoms with E-state index in [-0.39, 0.29) is 12.3 Å². The average molecular weight is 325 g/mol. The van der Waals surface area contributed by atoms with Gasteiger partial charge >= 0.3 is 0 Å². The van der Waals surface area contributed by atoms with E-state index in [4.69, 9.17) is 4.74 Å². The summed E-state index contributed by atoms with van der Waals surface area (Å²) in [6.45, 7) is 0.406. The molecule has 2 aromatic carbocycles. The highest BCUT2D eigenvalue weighted by molar-refractivity contribution is 5.76. The molecule has 0 heterocycles. The van der Waals surface area contributed by atoms with Crippen LogP contribution in [0.4, 0.5) is 0 Å². The van der Waals surface area contributed by atoms with E-state index in [1.54, 1.807) is 0 Å². The molecule has 3 rings (SSSR count). The third-order valence-corrected chi connectivity index (χ3v) is 4.36. The molecule has 24 heavy (non-hydrogen) atoms. The molecule has 0 radical (unpaired) electrons. The highest BCUT2D eigenvalue weighted by Gasteiger charge is 2.20. The number of carbonyl (C=O) groups excluding carboxylic acids is 1. The molecule has 0 aromatic heterocycles. The highest BCUT2D eigenvalue weighted by atomic mass is 16.5. The summed E-state index contributed by atoms with van der Waals surface area (Å²) in [5.74, 6) is 0.663. The minimum absolute atomic E-state index is 0.0513. The molecular formula is C20H23NO3. The van der Waals surface area contributed by atoms with Crippen molar-refractivity contribution in [2.75, 3.05) is 0 Å². The molecule has 4 heteroatoms. The number of carbonyl (C=O) groups is 1. The normalized spacial score (nSPS) is 15.4. The molecule has 0 saturated heterocycles. The lowest BCUT2D eigenvalue weighted by Crippen LogP contribution is -2.27. The van der Waals surface area contributed by atoms with E-state index in [0.29, 0.717) is 12.6 Å². The van der Waals surface area contributed by atoms with Crippen molar-refractivity contribution in [3.8, 4) is 5.75 Å². The Hall–Kier alpha value is -2.33. The van der Waals surface area contributed by atoms with Crippen molar-refractivity contribution in [1.82, 2.24) is 5.32 Å². The largest absolute Gasteiger partial charge is 0.490 e. The standard InChI is InChI=1S/C20H23NO3/c22-18(15-7-2-1-3-8-15)13-20(23)21-14-16-9-4-5-12-19(16)24-17-10-6-11-17/h1-5,7-9,12,17-18,22H,6,10-11,13-14H2,(H,21,23). The van der Waals surface area contributed by atoms with Crippen LogP contribution in [0.1, 0.15) is 42.9 Å². The summed E-state index contributed by atoms with van der Waals surface area (Å²) < 4.78 is 5.96. The van der Waals surface area contributed by atoms with Crippen molar-refractivity contribution in [2.24, 2.45) is 0 Å². The van der Waals surface area contributed by atoms with E-state index >= 15 is 0 Å². The predicted octanol–water partition coefficient (Wildman–Crippen LogP) is 3.36. The summed E-state index contributed by atoms with van der Waals surface area (Å²) in [6, 6.07) is 17.0. The highest BCUT2D eigenvalue weighted by Crippen LogP contribution is 2.27. The summed E-state index contributed by atoms with van der Waals surface area (Å²) in [5, 5.41) is 13.0. The Morgan fingerprint density at radius 1 is 1.12 bits per heavy atom. The van der Waals surface area contributed by atoms with Gasteiger partial charge in [-0.05, 0) is 30.9 Å². The van der Waals surface area contributed by atoms with Gasteiger partial charge in [0.1, 0.15) is 5.75 Å². The number of para-hydroxylation sites is 1. The maximum atomic E-state index is 12.1. The van der Waals surface area contributed by atoms with Crippen LogP contribution in [0.3, 0.4) is 0 Å². The van der Waals surface area contributed by atoms with Gasteiger partial charge in [-0.25, -0.2) is 0 Å². The van der Waals surface area contributed by atoms with Crippen molar-refractivity contribution < 1.29 is 14.6 Å². The minimum atomic E-state index is -0.785. The monoisotopic (exact) mass is 325 g/mol. The van der Waals surface area contributed by atoms with Gasteiger partial charge in [0.25, 0.3) is 0 Å². The number of amides is 1. The van der Waals surface area contributed by atoms with Crippen LogP contribution in [0.15, 0.2) is 54.6 Å². The number of aliphatic hydroxyl groups is 1. The first kappa shape index (κ1) is 16.5. The smallest absolute Gasteiger partial charge is 0.223 e. The van der Waals surface area contributed by atoms with Gasteiger partial charge in [0.15, 0.2) is 0 Å². The van der Waals surface area contributed by atoms with Gasteiger partial charge in [0.2, 0.25) is 5.91 Å². The maximum Gasteiger partial charge on any atom is 0.223 e. The first-order valence-electron chi connectivity index (χ1n) is 8.46. The molecule has 126 valence electrons. The van der Waals surface area contributed by atoms with Crippen molar-refractivity contribution in [1.29, 1.82) is 0 Å². The van der Waals surface area contributed by atoms with Gasteiger partial charge < -0.3 is 15.2 Å². The second-order valence-electron chi connectivity index (χ2n) is 6.19. The van der Waals surface area contributed by atoms with Crippen molar-refractivity contribution in [2.45, 2.75) is 44.4 Å². The summed E-state index contributed by atoms with van der Waals surface area (Å²) >= 11 is 0. The number of aliphatic hydroxyl groups excluding tert-OH is 1. The Kier molecular flexibility index (Phi) is 5.49. The van der Waals surface area contributed by atoms with Crippen LogP contribution in [0.25, 0.3) is 0 Å². The van der Waals surface area contributed by atoms with Gasteiger partial charge in [-0.3, -0.25) is 4.79 Å². The third-order valence-electron chi connectivity index (χ3n) is 4.36. The van der Waals surface area contributed by atoms with Gasteiger partial charge in [0.05, 0.1) is 18.6 Å². The Morgan fingerprint density at radius 2 is 1.83 bits per heavy atom. The number of ether oxygens (including phenoxy) is 1. The van der Waals surface area contributed by atoms with Crippen molar-refractivity contribution in [3.05, 3.63) is 65.7 Å². The van der Waals surface area contributed by atoms with Crippen LogP contribution in [0.2, 0.25) is 0 Å². The molecule has 2 N–H and O–H groups in total. The Bertz CT molecular complexity index is 668. The second-order valence-corrected chi connectivity index (χ2v) is 6.19. The Morgan fingerprint density at radius 3 is 2.54 bits per heavy atom. The second kappa shape index (κ2) is 7.97.